The lowest BCUT2D eigenvalue weighted by atomic mass is 10.0. The number of hydrogen-bond acceptors (Lipinski definition) is 6. The smallest absolute Gasteiger partial charge is 0.306 e. The van der Waals surface area contributed by atoms with Gasteiger partial charge < -0.3 is 14.2 Å². The van der Waals surface area contributed by atoms with Crippen molar-refractivity contribution >= 4 is 17.9 Å². The molecule has 0 rings (SSSR count). The second kappa shape index (κ2) is 71.6. The molecule has 0 bridgehead atoms. The number of carbonyl (C=O) groups is 3. The Balaban J connectivity index is 4.10. The summed E-state index contributed by atoms with van der Waals surface area (Å²) in [5.41, 5.74) is 0. The maximum Gasteiger partial charge on any atom is 0.306 e. The molecule has 0 aromatic rings. The van der Waals surface area contributed by atoms with Crippen LogP contribution in [0.1, 0.15) is 393 Å². The first-order valence-electron chi connectivity index (χ1n) is 36.8. The number of allylic oxidation sites excluding steroid dienone is 10. The van der Waals surface area contributed by atoms with Crippen LogP contribution in [0.4, 0.5) is 0 Å². The van der Waals surface area contributed by atoms with Crippen LogP contribution in [0.25, 0.3) is 0 Å². The van der Waals surface area contributed by atoms with E-state index >= 15 is 0 Å². The van der Waals surface area contributed by atoms with Gasteiger partial charge in [-0.2, -0.15) is 0 Å². The highest BCUT2D eigenvalue weighted by Gasteiger charge is 2.19. The molecule has 484 valence electrons. The van der Waals surface area contributed by atoms with Crippen LogP contribution >= 0.6 is 0 Å². The second-order valence-corrected chi connectivity index (χ2v) is 24.8. The van der Waals surface area contributed by atoms with Gasteiger partial charge in [0.2, 0.25) is 0 Å². The number of carbonyl (C=O) groups excluding carboxylic acids is 3. The van der Waals surface area contributed by atoms with Crippen LogP contribution in [0.2, 0.25) is 0 Å². The van der Waals surface area contributed by atoms with Crippen molar-refractivity contribution in [3.63, 3.8) is 0 Å². The predicted molar refractivity (Wildman–Crippen MR) is 362 cm³/mol. The van der Waals surface area contributed by atoms with Crippen molar-refractivity contribution in [2.24, 2.45) is 0 Å². The second-order valence-electron chi connectivity index (χ2n) is 24.8. The van der Waals surface area contributed by atoms with Gasteiger partial charge in [-0.15, -0.1) is 0 Å². The lowest BCUT2D eigenvalue weighted by molar-refractivity contribution is -0.167. The summed E-state index contributed by atoms with van der Waals surface area (Å²) in [5, 5.41) is 0. The van der Waals surface area contributed by atoms with Crippen LogP contribution in [0.3, 0.4) is 0 Å². The SMILES string of the molecule is CC/C=C\C/C=C\C/C=C\C/C=C\CCCCCCCCCCC(=O)OC(COC(=O)CCCCCCC/C=C\CCCC)COC(=O)CCCCCCCCCCCCCCCCCCCCCCCCCCCCCCCCCCC. The molecule has 1 unspecified atom stereocenters. The van der Waals surface area contributed by atoms with E-state index in [4.69, 9.17) is 14.2 Å². The number of rotatable bonds is 68. The predicted octanol–water partition coefficient (Wildman–Crippen LogP) is 25.5. The number of hydrogen-bond donors (Lipinski definition) is 0. The minimum atomic E-state index is -0.782. The quantitative estimate of drug-likeness (QED) is 0.0261. The van der Waals surface area contributed by atoms with E-state index in [0.29, 0.717) is 19.3 Å². The molecule has 0 heterocycles. The highest BCUT2D eigenvalue weighted by Crippen LogP contribution is 2.19. The molecule has 0 aromatic heterocycles. The van der Waals surface area contributed by atoms with Gasteiger partial charge in [-0.05, 0) is 77.0 Å². The van der Waals surface area contributed by atoms with Crippen molar-refractivity contribution in [2.75, 3.05) is 13.2 Å². The number of unbranched alkanes of at least 4 members (excludes halogenated alkanes) is 47. The largest absolute Gasteiger partial charge is 0.462 e. The van der Waals surface area contributed by atoms with Crippen LogP contribution in [-0.2, 0) is 28.6 Å². The maximum atomic E-state index is 12.9. The normalized spacial score (nSPS) is 12.4. The molecule has 0 N–H and O–H groups in total. The molecule has 0 aromatic carbocycles. The van der Waals surface area contributed by atoms with Gasteiger partial charge in [0.25, 0.3) is 0 Å². The minimum absolute atomic E-state index is 0.0767. The van der Waals surface area contributed by atoms with E-state index in [-0.39, 0.29) is 31.1 Å². The molecule has 0 saturated heterocycles. The van der Waals surface area contributed by atoms with E-state index in [9.17, 15) is 14.4 Å². The van der Waals surface area contributed by atoms with Crippen LogP contribution in [0.15, 0.2) is 60.8 Å². The van der Waals surface area contributed by atoms with Crippen molar-refractivity contribution in [3.8, 4) is 0 Å². The van der Waals surface area contributed by atoms with Gasteiger partial charge >= 0.3 is 17.9 Å². The molecular weight excluding hydrogens is 1020 g/mol. The van der Waals surface area contributed by atoms with Gasteiger partial charge in [0, 0.05) is 19.3 Å². The Bertz CT molecular complexity index is 1470. The molecule has 83 heavy (non-hydrogen) atoms. The fraction of sp³-hybridized carbons (Fsp3) is 0.831. The molecular formula is C77H140O6. The summed E-state index contributed by atoms with van der Waals surface area (Å²) in [6.45, 7) is 6.54. The lowest BCUT2D eigenvalue weighted by Gasteiger charge is -2.18. The average Bonchev–Trinajstić information content (AvgIpc) is 3.48. The fourth-order valence-electron chi connectivity index (χ4n) is 11.0. The third-order valence-corrected chi connectivity index (χ3v) is 16.5. The van der Waals surface area contributed by atoms with Gasteiger partial charge in [0.15, 0.2) is 6.10 Å². The molecule has 6 nitrogen and oxygen atoms in total. The third-order valence-electron chi connectivity index (χ3n) is 16.5. The van der Waals surface area contributed by atoms with E-state index in [2.05, 4.69) is 81.5 Å². The Morgan fingerprint density at radius 1 is 0.253 bits per heavy atom. The van der Waals surface area contributed by atoms with Gasteiger partial charge in [0.05, 0.1) is 0 Å². The van der Waals surface area contributed by atoms with Crippen molar-refractivity contribution in [1.29, 1.82) is 0 Å². The molecule has 0 amide bonds. The Morgan fingerprint density at radius 2 is 0.482 bits per heavy atom. The first-order valence-corrected chi connectivity index (χ1v) is 36.8. The van der Waals surface area contributed by atoms with Crippen molar-refractivity contribution < 1.29 is 28.6 Å². The van der Waals surface area contributed by atoms with Crippen LogP contribution in [0.5, 0.6) is 0 Å². The van der Waals surface area contributed by atoms with E-state index in [1.54, 1.807) is 0 Å². The molecule has 0 aliphatic heterocycles. The first kappa shape index (κ1) is 80.1. The third kappa shape index (κ3) is 69.8. The number of esters is 3. The highest BCUT2D eigenvalue weighted by molar-refractivity contribution is 5.71. The fourth-order valence-corrected chi connectivity index (χ4v) is 11.0. The lowest BCUT2D eigenvalue weighted by Crippen LogP contribution is -2.30. The molecule has 6 heteroatoms. The van der Waals surface area contributed by atoms with Crippen LogP contribution < -0.4 is 0 Å². The number of ether oxygens (including phenoxy) is 3. The van der Waals surface area contributed by atoms with Gasteiger partial charge in [-0.1, -0.05) is 358 Å². The summed E-state index contributed by atoms with van der Waals surface area (Å²) in [6.07, 6.45) is 92.9. The van der Waals surface area contributed by atoms with Crippen molar-refractivity contribution in [1.82, 2.24) is 0 Å². The molecule has 0 aliphatic carbocycles. The zero-order valence-corrected chi connectivity index (χ0v) is 55.7. The molecule has 0 aliphatic rings. The van der Waals surface area contributed by atoms with Gasteiger partial charge in [0.1, 0.15) is 13.2 Å². The summed E-state index contributed by atoms with van der Waals surface area (Å²) >= 11 is 0. The van der Waals surface area contributed by atoms with Crippen molar-refractivity contribution in [3.05, 3.63) is 60.8 Å². The first-order chi connectivity index (χ1) is 41.0. The van der Waals surface area contributed by atoms with Crippen molar-refractivity contribution in [2.45, 2.75) is 399 Å². The summed E-state index contributed by atoms with van der Waals surface area (Å²) in [4.78, 5) is 38.4. The molecule has 0 radical (unpaired) electrons. The summed E-state index contributed by atoms with van der Waals surface area (Å²) in [5.74, 6) is -0.874. The van der Waals surface area contributed by atoms with Gasteiger partial charge in [-0.25, -0.2) is 0 Å². The standard InChI is InChI=1S/C77H140O6/c1-4-7-10-13-16-19-22-24-26-28-30-32-33-34-35-36-37-38-39-40-41-42-43-45-46-48-50-52-55-58-61-64-67-70-76(79)82-73-74(72-81-75(78)69-66-63-60-57-54-21-18-15-12-9-6-3)83-77(80)71-68-65-62-59-56-53-51-49-47-44-31-29-27-25-23-20-17-14-11-8-5-2/h8,11,15,17-18,20,25,27,31,44,74H,4-7,9-10,12-14,16,19,21-24,26,28-30,32-43,45-73H2,1-3H3/b11-8-,18-15-,20-17-,27-25-,44-31-. The Labute approximate surface area is 517 Å². The van der Waals surface area contributed by atoms with E-state index in [0.717, 1.165) is 96.3 Å². The highest BCUT2D eigenvalue weighted by atomic mass is 16.6. The minimum Gasteiger partial charge on any atom is -0.462 e. The zero-order chi connectivity index (χ0) is 59.9. The average molecular weight is 1160 g/mol. The Hall–Kier alpha value is -2.89. The maximum absolute atomic E-state index is 12.9. The van der Waals surface area contributed by atoms with E-state index in [1.807, 2.05) is 0 Å². The van der Waals surface area contributed by atoms with E-state index in [1.165, 1.54) is 257 Å². The molecule has 1 atom stereocenters. The Morgan fingerprint density at radius 3 is 0.783 bits per heavy atom. The van der Waals surface area contributed by atoms with Crippen LogP contribution in [0, 0.1) is 0 Å². The monoisotopic (exact) mass is 1160 g/mol. The summed E-state index contributed by atoms with van der Waals surface area (Å²) < 4.78 is 17.0. The zero-order valence-electron chi connectivity index (χ0n) is 55.7. The summed E-state index contributed by atoms with van der Waals surface area (Å²) in [7, 11) is 0. The Kier molecular flexibility index (Phi) is 69.1. The van der Waals surface area contributed by atoms with E-state index < -0.39 is 6.10 Å². The molecule has 0 saturated carbocycles. The molecule has 0 fully saturated rings. The van der Waals surface area contributed by atoms with Gasteiger partial charge in [-0.3, -0.25) is 14.4 Å². The van der Waals surface area contributed by atoms with Crippen LogP contribution in [-0.4, -0.2) is 37.2 Å². The topological polar surface area (TPSA) is 78.9 Å². The summed E-state index contributed by atoms with van der Waals surface area (Å²) in [6, 6.07) is 0. The molecule has 0 spiro atoms.